The van der Waals surface area contributed by atoms with Crippen LogP contribution in [0.5, 0.6) is 0 Å². The minimum atomic E-state index is 0.563. The van der Waals surface area contributed by atoms with E-state index in [1.165, 1.54) is 115 Å². The van der Waals surface area contributed by atoms with Crippen LogP contribution in [0.1, 0.15) is 183 Å². The highest BCUT2D eigenvalue weighted by Gasteiger charge is 2.44. The van der Waals surface area contributed by atoms with E-state index in [9.17, 15) is 0 Å². The van der Waals surface area contributed by atoms with Crippen LogP contribution in [-0.4, -0.2) is 172 Å². The lowest BCUT2D eigenvalue weighted by atomic mass is 9.86. The van der Waals surface area contributed by atoms with Crippen LogP contribution in [-0.2, 0) is 0 Å². The second-order valence-electron chi connectivity index (χ2n) is 24.0. The molecule has 1 aromatic heterocycles. The third-order valence-corrected chi connectivity index (χ3v) is 15.0. The number of para-hydroxylation sites is 1. The van der Waals surface area contributed by atoms with Gasteiger partial charge in [0.05, 0.1) is 5.52 Å². The van der Waals surface area contributed by atoms with E-state index in [-0.39, 0.29) is 0 Å². The van der Waals surface area contributed by atoms with Crippen LogP contribution < -0.4 is 0 Å². The summed E-state index contributed by atoms with van der Waals surface area (Å²) in [6.07, 6.45) is 7.45. The molecule has 5 aliphatic rings. The smallest absolute Gasteiger partial charge is 0.0704 e. The summed E-state index contributed by atoms with van der Waals surface area (Å²) in [6, 6.07) is 17.2. The van der Waals surface area contributed by atoms with E-state index in [0.29, 0.717) is 18.0 Å². The predicted octanol–water partition coefficient (Wildman–Crippen LogP) is 12.6. The first-order chi connectivity index (χ1) is 31.4. The molecule has 0 aliphatic carbocycles. The van der Waals surface area contributed by atoms with Crippen molar-refractivity contribution in [2.45, 2.75) is 231 Å². The van der Waals surface area contributed by atoms with Gasteiger partial charge in [0, 0.05) is 118 Å². The molecule has 0 radical (unpaired) electrons. The molecule has 2 bridgehead atoms. The first-order valence-electron chi connectivity index (χ1n) is 28.0. The number of benzene rings is 1. The van der Waals surface area contributed by atoms with E-state index in [2.05, 4.69) is 209 Å². The SMILES string of the molecule is CC(C)C.CC(C)C1CCN(C(C)C)CC1.CC(C)N1CCCN(C(C)C)CC1.CC(C)N1CCN(C(C)C)CC1.CC(C)N1C[C@@H]2C[C@H]1CN2C(C)C.CC(C)c1ccnc2ccccc12. The fourth-order valence-corrected chi connectivity index (χ4v) is 10.5. The van der Waals surface area contributed by atoms with E-state index < -0.39 is 0 Å². The Labute approximate surface area is 418 Å². The third kappa shape index (κ3) is 22.1. The van der Waals surface area contributed by atoms with Gasteiger partial charge in [0.15, 0.2) is 0 Å². The zero-order valence-corrected chi connectivity index (χ0v) is 48.4. The van der Waals surface area contributed by atoms with Crippen molar-refractivity contribution < 1.29 is 0 Å². The molecule has 2 atom stereocenters. The predicted molar refractivity (Wildman–Crippen MR) is 298 cm³/mol. The van der Waals surface area contributed by atoms with Crippen LogP contribution >= 0.6 is 0 Å². The molecule has 0 N–H and O–H groups in total. The molecule has 5 fully saturated rings. The summed E-state index contributed by atoms with van der Waals surface area (Å²) in [5.74, 6) is 3.27. The van der Waals surface area contributed by atoms with Crippen LogP contribution in [0.3, 0.4) is 0 Å². The van der Waals surface area contributed by atoms with Crippen LogP contribution in [0.15, 0.2) is 36.5 Å². The molecule has 1 aromatic carbocycles. The molecule has 5 saturated heterocycles. The molecule has 8 nitrogen and oxygen atoms in total. The second-order valence-corrected chi connectivity index (χ2v) is 24.0. The van der Waals surface area contributed by atoms with E-state index in [1.807, 2.05) is 12.3 Å². The van der Waals surface area contributed by atoms with Crippen molar-refractivity contribution in [3.05, 3.63) is 42.1 Å². The van der Waals surface area contributed by atoms with Gasteiger partial charge in [0.1, 0.15) is 0 Å². The number of pyridine rings is 1. The van der Waals surface area contributed by atoms with Crippen molar-refractivity contribution >= 4 is 10.9 Å². The Morgan fingerprint density at radius 3 is 1.12 bits per heavy atom. The fourth-order valence-electron chi connectivity index (χ4n) is 10.5. The van der Waals surface area contributed by atoms with Crippen LogP contribution in [0.4, 0.5) is 0 Å². The largest absolute Gasteiger partial charge is 0.301 e. The summed E-state index contributed by atoms with van der Waals surface area (Å²) >= 11 is 0. The molecular formula is C59H114N8. The minimum absolute atomic E-state index is 0.563. The average Bonchev–Trinajstić information content (AvgIpc) is 3.80. The topological polar surface area (TPSA) is 35.6 Å². The molecule has 0 spiro atoms. The maximum Gasteiger partial charge on any atom is 0.0704 e. The van der Waals surface area contributed by atoms with E-state index >= 15 is 0 Å². The summed E-state index contributed by atoms with van der Waals surface area (Å²) in [5.41, 5.74) is 2.47. The maximum atomic E-state index is 4.32. The van der Waals surface area contributed by atoms with Crippen molar-refractivity contribution in [1.29, 1.82) is 0 Å². The van der Waals surface area contributed by atoms with Crippen LogP contribution in [0, 0.1) is 17.8 Å². The molecule has 8 heteroatoms. The fraction of sp³-hybridized carbons (Fsp3) is 0.847. The highest BCUT2D eigenvalue weighted by Crippen LogP contribution is 2.33. The van der Waals surface area contributed by atoms with Crippen molar-refractivity contribution in [3.63, 3.8) is 0 Å². The van der Waals surface area contributed by atoms with E-state index in [1.54, 1.807) is 0 Å². The van der Waals surface area contributed by atoms with Gasteiger partial charge in [-0.2, -0.15) is 0 Å². The van der Waals surface area contributed by atoms with Crippen molar-refractivity contribution in [3.8, 4) is 0 Å². The first-order valence-corrected chi connectivity index (χ1v) is 28.0. The molecule has 0 saturated carbocycles. The molecule has 5 aliphatic heterocycles. The normalized spacial score (nSPS) is 22.0. The second kappa shape index (κ2) is 31.6. The number of hydrogen-bond acceptors (Lipinski definition) is 8. The van der Waals surface area contributed by atoms with E-state index in [0.717, 1.165) is 65.6 Å². The lowest BCUT2D eigenvalue weighted by Crippen LogP contribution is -2.50. The van der Waals surface area contributed by atoms with Gasteiger partial charge in [-0.05, 0) is 190 Å². The van der Waals surface area contributed by atoms with Gasteiger partial charge in [0.25, 0.3) is 0 Å². The summed E-state index contributed by atoms with van der Waals surface area (Å²) in [6.45, 7) is 63.1. The zero-order chi connectivity index (χ0) is 50.5. The number of rotatable bonds is 9. The Bertz CT molecular complexity index is 1430. The number of likely N-dealkylation sites (tertiary alicyclic amines) is 3. The minimum Gasteiger partial charge on any atom is -0.301 e. The number of nitrogens with zero attached hydrogens (tertiary/aromatic N) is 8. The average molecular weight is 936 g/mol. The van der Waals surface area contributed by atoms with Gasteiger partial charge >= 0.3 is 0 Å². The Kier molecular flexibility index (Phi) is 29.0. The first kappa shape index (κ1) is 61.5. The molecule has 6 heterocycles. The standard InChI is InChI=1S/C12H13N.C11H22N2.C11H24N2.C11H23N.C10H22N2.C4H10/c1-9(2)10-7-8-13-12-6-4-3-5-11(10)12;1-8(2)12-6-11-5-10(12)7-13(11)9(3)4;1-10(2)12-6-5-7-13(9-8-12)11(3)4;2*1-9(2)11-5-7-12(8-6-11)10(3)4;1-4(2)3/h3-9H,1-2H3;8-11H,5-7H2,1-4H3;10-11H,5-9H2,1-4H3;9-11H,5-8H2,1-4H3;9-10H,5-8H2,1-4H3;4H,1-3H3/t;10-,11-;;;;/m.0..../s1. The van der Waals surface area contributed by atoms with Gasteiger partial charge < -0.3 is 4.90 Å². The number of hydrogen-bond donors (Lipinski definition) is 0. The molecule has 0 amide bonds. The summed E-state index contributed by atoms with van der Waals surface area (Å²) in [5, 5.41) is 1.28. The highest BCUT2D eigenvalue weighted by molar-refractivity contribution is 5.82. The lowest BCUT2D eigenvalue weighted by Gasteiger charge is -2.38. The molecule has 390 valence electrons. The monoisotopic (exact) mass is 935 g/mol. The summed E-state index contributed by atoms with van der Waals surface area (Å²) in [4.78, 5) is 22.5. The van der Waals surface area contributed by atoms with Gasteiger partial charge in [0.2, 0.25) is 0 Å². The van der Waals surface area contributed by atoms with Crippen molar-refractivity contribution in [2.24, 2.45) is 17.8 Å². The maximum absolute atomic E-state index is 4.32. The quantitative estimate of drug-likeness (QED) is 0.246. The van der Waals surface area contributed by atoms with Gasteiger partial charge in [-0.3, -0.25) is 34.4 Å². The zero-order valence-electron chi connectivity index (χ0n) is 48.4. The summed E-state index contributed by atoms with van der Waals surface area (Å²) in [7, 11) is 0. The number of aromatic nitrogens is 1. The van der Waals surface area contributed by atoms with Crippen LogP contribution in [0.25, 0.3) is 10.9 Å². The Morgan fingerprint density at radius 1 is 0.433 bits per heavy atom. The third-order valence-electron chi connectivity index (χ3n) is 15.0. The van der Waals surface area contributed by atoms with Crippen molar-refractivity contribution in [1.82, 2.24) is 39.3 Å². The molecule has 7 rings (SSSR count). The number of fused-ring (bicyclic) bond motifs is 3. The Hall–Kier alpha value is -1.65. The lowest BCUT2D eigenvalue weighted by molar-refractivity contribution is 0.0849. The van der Waals surface area contributed by atoms with Crippen LogP contribution in [0.2, 0.25) is 0 Å². The Morgan fingerprint density at radius 2 is 0.791 bits per heavy atom. The highest BCUT2D eigenvalue weighted by atomic mass is 15.4. The van der Waals surface area contributed by atoms with Gasteiger partial charge in [-0.1, -0.05) is 66.7 Å². The molecule has 67 heavy (non-hydrogen) atoms. The van der Waals surface area contributed by atoms with Crippen molar-refractivity contribution in [2.75, 3.05) is 78.5 Å². The summed E-state index contributed by atoms with van der Waals surface area (Å²) < 4.78 is 0. The number of piperidine rings is 1. The number of piperazine rings is 2. The van der Waals surface area contributed by atoms with Gasteiger partial charge in [-0.15, -0.1) is 0 Å². The molecule has 2 aromatic rings. The van der Waals surface area contributed by atoms with Gasteiger partial charge in [-0.25, -0.2) is 0 Å². The molecular weight excluding hydrogens is 821 g/mol. The molecule has 0 unspecified atom stereocenters. The van der Waals surface area contributed by atoms with E-state index in [4.69, 9.17) is 0 Å². The Balaban J connectivity index is 0.000000282.